The van der Waals surface area contributed by atoms with Gasteiger partial charge in [0, 0.05) is 28.1 Å². The molecule has 1 aromatic heterocycles. The largest absolute Gasteiger partial charge is 0.506 e. The SMILES string of the molecule is CC(C)c1cc(Oc2ccc3cc(C(C)(C)C)cc(O)c3n2)cc(C2=N[C@H]3CCCC(C)(C)[C@H]3N2c2c(-c3ccccc3)cc(-c3ccccc3)cc2-c2ccccc2)c1. The number of amidine groups is 1. The smallest absolute Gasteiger partial charge is 0.219 e. The maximum absolute atomic E-state index is 11.1. The van der Waals surface area contributed by atoms with Crippen molar-refractivity contribution in [3.63, 3.8) is 0 Å². The number of aromatic nitrogens is 1. The number of aromatic hydroxyl groups is 1. The second kappa shape index (κ2) is 15.4. The molecule has 302 valence electrons. The van der Waals surface area contributed by atoms with E-state index in [0.29, 0.717) is 17.1 Å². The molecule has 1 saturated carbocycles. The first-order chi connectivity index (χ1) is 28.8. The molecule has 2 heterocycles. The number of nitrogens with zero attached hydrogens (tertiary/aromatic N) is 3. The van der Waals surface area contributed by atoms with E-state index in [1.165, 1.54) is 39.1 Å². The molecular weight excluding hydrogens is 735 g/mol. The molecule has 1 aliphatic heterocycles. The summed E-state index contributed by atoms with van der Waals surface area (Å²) in [6, 6.07) is 51.9. The molecule has 2 atom stereocenters. The first-order valence-electron chi connectivity index (χ1n) is 21.5. The molecule has 0 spiro atoms. The Hall–Kier alpha value is -6.20. The first-order valence-corrected chi connectivity index (χ1v) is 21.5. The summed E-state index contributed by atoms with van der Waals surface area (Å²) in [5.74, 6) is 2.48. The minimum Gasteiger partial charge on any atom is -0.506 e. The van der Waals surface area contributed by atoms with Crippen molar-refractivity contribution in [2.45, 2.75) is 91.1 Å². The lowest BCUT2D eigenvalue weighted by atomic mass is 9.70. The Labute approximate surface area is 355 Å². The summed E-state index contributed by atoms with van der Waals surface area (Å²) in [6.45, 7) is 15.8. The van der Waals surface area contributed by atoms with Gasteiger partial charge in [-0.3, -0.25) is 4.99 Å². The molecule has 7 aromatic rings. The molecule has 0 unspecified atom stereocenters. The van der Waals surface area contributed by atoms with Crippen molar-refractivity contribution in [3.05, 3.63) is 162 Å². The lowest BCUT2D eigenvalue weighted by Crippen LogP contribution is -2.52. The topological polar surface area (TPSA) is 58.0 Å². The van der Waals surface area contributed by atoms with Crippen LogP contribution in [0.15, 0.2) is 151 Å². The maximum Gasteiger partial charge on any atom is 0.219 e. The van der Waals surface area contributed by atoms with Crippen LogP contribution in [-0.4, -0.2) is 28.0 Å². The van der Waals surface area contributed by atoms with Gasteiger partial charge in [-0.2, -0.15) is 0 Å². The van der Waals surface area contributed by atoms with Crippen LogP contribution in [0.25, 0.3) is 44.3 Å². The molecule has 9 rings (SSSR count). The van der Waals surface area contributed by atoms with Crippen LogP contribution < -0.4 is 9.64 Å². The summed E-state index contributed by atoms with van der Waals surface area (Å²) in [6.07, 6.45) is 3.29. The molecule has 0 radical (unpaired) electrons. The minimum atomic E-state index is -0.105. The molecule has 5 nitrogen and oxygen atoms in total. The number of fused-ring (bicyclic) bond motifs is 2. The van der Waals surface area contributed by atoms with E-state index < -0.39 is 0 Å². The van der Waals surface area contributed by atoms with Gasteiger partial charge in [0.2, 0.25) is 5.88 Å². The normalized spacial score (nSPS) is 17.5. The zero-order chi connectivity index (χ0) is 41.8. The Kier molecular flexibility index (Phi) is 10.1. The minimum absolute atomic E-state index is 0.0208. The molecule has 1 N–H and O–H groups in total. The fraction of sp³-hybridized carbons (Fsp3) is 0.273. The number of aliphatic imine (C=N–C) groups is 1. The Morgan fingerprint density at radius 2 is 1.32 bits per heavy atom. The van der Waals surface area contributed by atoms with Gasteiger partial charge >= 0.3 is 0 Å². The molecule has 6 aromatic carbocycles. The number of benzene rings is 6. The number of hydrogen-bond donors (Lipinski definition) is 1. The first kappa shape index (κ1) is 39.3. The summed E-state index contributed by atoms with van der Waals surface area (Å²) in [7, 11) is 0. The second-order valence-electron chi connectivity index (χ2n) is 18.7. The zero-order valence-electron chi connectivity index (χ0n) is 35.9. The van der Waals surface area contributed by atoms with E-state index in [9.17, 15) is 5.11 Å². The Balaban J connectivity index is 1.25. The van der Waals surface area contributed by atoms with Crippen molar-refractivity contribution < 1.29 is 9.84 Å². The number of hydrogen-bond acceptors (Lipinski definition) is 5. The van der Waals surface area contributed by atoms with Crippen LogP contribution in [0.2, 0.25) is 0 Å². The van der Waals surface area contributed by atoms with Crippen molar-refractivity contribution in [2.24, 2.45) is 10.4 Å². The summed E-state index contributed by atoms with van der Waals surface area (Å²) in [5, 5.41) is 12.0. The maximum atomic E-state index is 11.1. The number of phenols is 1. The summed E-state index contributed by atoms with van der Waals surface area (Å²) in [4.78, 5) is 13.2. The molecule has 0 amide bonds. The van der Waals surface area contributed by atoms with E-state index in [1.54, 1.807) is 0 Å². The van der Waals surface area contributed by atoms with Crippen molar-refractivity contribution in [2.75, 3.05) is 4.90 Å². The highest BCUT2D eigenvalue weighted by Gasteiger charge is 2.49. The van der Waals surface area contributed by atoms with E-state index in [1.807, 2.05) is 18.2 Å². The second-order valence-corrected chi connectivity index (χ2v) is 18.7. The molecular formula is C55H55N3O2. The summed E-state index contributed by atoms with van der Waals surface area (Å²) < 4.78 is 6.69. The molecule has 0 saturated heterocycles. The third-order valence-electron chi connectivity index (χ3n) is 12.6. The lowest BCUT2D eigenvalue weighted by molar-refractivity contribution is 0.190. The van der Waals surface area contributed by atoms with Crippen LogP contribution in [0.1, 0.15) is 90.3 Å². The third kappa shape index (κ3) is 7.47. The standard InChI is InChI=1S/C55H55N3O2/c1-35(2)40-28-42(31-44(30-40)60-49-26-25-39-29-43(54(3,4)5)34-48(59)50(39)57-49)53-56-47-24-17-27-55(6,7)52(47)58(53)51-45(37-20-13-9-14-21-37)32-41(36-18-11-8-12-19-36)33-46(51)38-22-15-10-16-23-38/h8-16,18-23,25-26,28-35,47,52,59H,17,24,27H2,1-7H3/t47-,52-/m0/s1. The third-order valence-corrected chi connectivity index (χ3v) is 12.6. The van der Waals surface area contributed by atoms with Gasteiger partial charge in [-0.05, 0) is 112 Å². The van der Waals surface area contributed by atoms with Gasteiger partial charge in [-0.25, -0.2) is 4.98 Å². The van der Waals surface area contributed by atoms with Gasteiger partial charge in [0.15, 0.2) is 0 Å². The highest BCUT2D eigenvalue weighted by Crippen LogP contribution is 2.52. The fourth-order valence-corrected chi connectivity index (χ4v) is 9.38. The van der Waals surface area contributed by atoms with Gasteiger partial charge in [-0.1, -0.05) is 146 Å². The predicted octanol–water partition coefficient (Wildman–Crippen LogP) is 14.4. The van der Waals surface area contributed by atoms with E-state index in [2.05, 4.69) is 181 Å². The fourth-order valence-electron chi connectivity index (χ4n) is 9.38. The van der Waals surface area contributed by atoms with E-state index in [-0.39, 0.29) is 34.6 Å². The van der Waals surface area contributed by atoms with Crippen LogP contribution in [0.4, 0.5) is 5.69 Å². The van der Waals surface area contributed by atoms with Gasteiger partial charge < -0.3 is 14.7 Å². The van der Waals surface area contributed by atoms with Gasteiger partial charge in [-0.15, -0.1) is 0 Å². The monoisotopic (exact) mass is 789 g/mol. The summed E-state index contributed by atoms with van der Waals surface area (Å²) in [5.41, 5.74) is 11.9. The number of pyridine rings is 1. The highest BCUT2D eigenvalue weighted by atomic mass is 16.5. The number of anilines is 1. The van der Waals surface area contributed by atoms with Crippen LogP contribution in [0.5, 0.6) is 17.4 Å². The Morgan fingerprint density at radius 1 is 0.700 bits per heavy atom. The number of rotatable bonds is 8. The Morgan fingerprint density at radius 3 is 1.92 bits per heavy atom. The van der Waals surface area contributed by atoms with Crippen LogP contribution >= 0.6 is 0 Å². The zero-order valence-corrected chi connectivity index (χ0v) is 35.9. The average molecular weight is 790 g/mol. The quantitative estimate of drug-likeness (QED) is 0.167. The van der Waals surface area contributed by atoms with Gasteiger partial charge in [0.05, 0.1) is 17.8 Å². The van der Waals surface area contributed by atoms with Crippen molar-refractivity contribution in [3.8, 4) is 50.8 Å². The average Bonchev–Trinajstić information content (AvgIpc) is 3.65. The molecule has 1 aliphatic carbocycles. The van der Waals surface area contributed by atoms with Gasteiger partial charge in [0.25, 0.3) is 0 Å². The van der Waals surface area contributed by atoms with Crippen molar-refractivity contribution >= 4 is 22.4 Å². The van der Waals surface area contributed by atoms with Crippen molar-refractivity contribution in [1.82, 2.24) is 4.98 Å². The van der Waals surface area contributed by atoms with Crippen LogP contribution in [0.3, 0.4) is 0 Å². The lowest BCUT2D eigenvalue weighted by Gasteiger charge is -2.46. The van der Waals surface area contributed by atoms with Crippen LogP contribution in [0, 0.1) is 5.41 Å². The van der Waals surface area contributed by atoms with E-state index in [0.717, 1.165) is 47.2 Å². The van der Waals surface area contributed by atoms with Crippen molar-refractivity contribution in [1.29, 1.82) is 0 Å². The molecule has 2 aliphatic rings. The Bertz CT molecular complexity index is 2650. The van der Waals surface area contributed by atoms with E-state index in [4.69, 9.17) is 14.7 Å². The number of ether oxygens (including phenoxy) is 1. The molecule has 60 heavy (non-hydrogen) atoms. The molecule has 0 bridgehead atoms. The molecule has 1 fully saturated rings. The highest BCUT2D eigenvalue weighted by molar-refractivity contribution is 6.16. The number of phenolic OH excluding ortho intramolecular Hbond substituents is 1. The van der Waals surface area contributed by atoms with Crippen LogP contribution in [-0.2, 0) is 5.41 Å². The van der Waals surface area contributed by atoms with E-state index >= 15 is 0 Å². The molecule has 5 heteroatoms. The van der Waals surface area contributed by atoms with Gasteiger partial charge in [0.1, 0.15) is 22.9 Å². The summed E-state index contributed by atoms with van der Waals surface area (Å²) >= 11 is 0. The predicted molar refractivity (Wildman–Crippen MR) is 250 cm³/mol.